The second-order valence-corrected chi connectivity index (χ2v) is 4.82. The zero-order valence-electron chi connectivity index (χ0n) is 9.09. The molecule has 1 aromatic carbocycles. The van der Waals surface area contributed by atoms with Crippen molar-refractivity contribution >= 4 is 8.60 Å². The molecule has 0 amide bonds. The number of hydrogen-bond donors (Lipinski definition) is 0. The third-order valence-electron chi connectivity index (χ3n) is 3.14. The maximum absolute atomic E-state index is 10.6. The maximum atomic E-state index is 10.6. The average Bonchev–Trinajstić information content (AvgIpc) is 2.30. The molecular formula is C12H15O3P-2. The van der Waals surface area contributed by atoms with Gasteiger partial charge in [-0.15, -0.1) is 0 Å². The lowest BCUT2D eigenvalue weighted by Crippen LogP contribution is -2.14. The van der Waals surface area contributed by atoms with Gasteiger partial charge in [-0.05, 0) is 30.4 Å². The average molecular weight is 238 g/mol. The van der Waals surface area contributed by atoms with Gasteiger partial charge in [0.05, 0.1) is 0 Å². The molecule has 0 spiro atoms. The Bertz CT molecular complexity index is 335. The predicted molar refractivity (Wildman–Crippen MR) is 59.8 cm³/mol. The topological polar surface area (TPSA) is 55.3 Å². The molecule has 0 unspecified atom stereocenters. The van der Waals surface area contributed by atoms with Gasteiger partial charge in [0.1, 0.15) is 5.75 Å². The summed E-state index contributed by atoms with van der Waals surface area (Å²) in [5.74, 6) is 0.963. The number of benzene rings is 1. The van der Waals surface area contributed by atoms with Gasteiger partial charge in [-0.1, -0.05) is 46.1 Å². The Morgan fingerprint density at radius 2 is 1.75 bits per heavy atom. The Hall–Kier alpha value is -0.630. The van der Waals surface area contributed by atoms with Crippen LogP contribution in [0.2, 0.25) is 0 Å². The molecule has 3 nitrogen and oxygen atoms in total. The van der Waals surface area contributed by atoms with Crippen molar-refractivity contribution in [2.75, 3.05) is 0 Å². The van der Waals surface area contributed by atoms with E-state index in [0.29, 0.717) is 11.7 Å². The summed E-state index contributed by atoms with van der Waals surface area (Å²) in [4.78, 5) is 21.2. The highest BCUT2D eigenvalue weighted by Gasteiger charge is 2.18. The number of rotatable bonds is 3. The second kappa shape index (κ2) is 5.62. The highest BCUT2D eigenvalue weighted by atomic mass is 31.2. The zero-order valence-corrected chi connectivity index (χ0v) is 9.99. The van der Waals surface area contributed by atoms with Crippen molar-refractivity contribution in [3.8, 4) is 5.75 Å². The van der Waals surface area contributed by atoms with Crippen LogP contribution in [0.25, 0.3) is 0 Å². The van der Waals surface area contributed by atoms with Gasteiger partial charge in [0.15, 0.2) is 0 Å². The Morgan fingerprint density at radius 1 is 1.06 bits per heavy atom. The summed E-state index contributed by atoms with van der Waals surface area (Å²) >= 11 is 0. The molecule has 1 fully saturated rings. The van der Waals surface area contributed by atoms with Crippen molar-refractivity contribution < 1.29 is 14.3 Å². The second-order valence-electron chi connectivity index (χ2n) is 4.19. The van der Waals surface area contributed by atoms with Gasteiger partial charge in [-0.3, -0.25) is 0 Å². The fraction of sp³-hybridized carbons (Fsp3) is 0.500. The van der Waals surface area contributed by atoms with Crippen LogP contribution in [-0.4, -0.2) is 0 Å². The summed E-state index contributed by atoms with van der Waals surface area (Å²) in [6.45, 7) is 0. The SMILES string of the molecule is [O-]P([O-])Oc1ccccc1C1CCCCC1. The van der Waals surface area contributed by atoms with Gasteiger partial charge >= 0.3 is 0 Å². The molecule has 16 heavy (non-hydrogen) atoms. The molecule has 2 rings (SSSR count). The first-order valence-electron chi connectivity index (χ1n) is 5.68. The summed E-state index contributed by atoms with van der Waals surface area (Å²) in [5.41, 5.74) is 1.04. The normalized spacial score (nSPS) is 17.7. The van der Waals surface area contributed by atoms with Crippen molar-refractivity contribution in [2.45, 2.75) is 38.0 Å². The van der Waals surface area contributed by atoms with E-state index in [0.717, 1.165) is 18.4 Å². The highest BCUT2D eigenvalue weighted by Crippen LogP contribution is 2.39. The number of hydrogen-bond acceptors (Lipinski definition) is 3. The molecule has 0 atom stereocenters. The smallest absolute Gasteiger partial charge is 0.123 e. The molecule has 0 aliphatic heterocycles. The highest BCUT2D eigenvalue weighted by molar-refractivity contribution is 7.36. The largest absolute Gasteiger partial charge is 0.810 e. The quantitative estimate of drug-likeness (QED) is 0.757. The van der Waals surface area contributed by atoms with Crippen LogP contribution in [0.15, 0.2) is 24.3 Å². The van der Waals surface area contributed by atoms with Crippen LogP contribution in [0.3, 0.4) is 0 Å². The van der Waals surface area contributed by atoms with Crippen LogP contribution in [0, 0.1) is 0 Å². The van der Waals surface area contributed by atoms with Crippen LogP contribution in [0.5, 0.6) is 5.75 Å². The van der Waals surface area contributed by atoms with E-state index in [1.54, 1.807) is 12.1 Å². The Morgan fingerprint density at radius 3 is 2.44 bits per heavy atom. The minimum atomic E-state index is -2.81. The van der Waals surface area contributed by atoms with E-state index in [2.05, 4.69) is 0 Å². The molecule has 0 heterocycles. The summed E-state index contributed by atoms with van der Waals surface area (Å²) in [6, 6.07) is 7.45. The standard InChI is InChI=1S/C12H15O3P/c13-16(14)15-12-9-5-4-8-11(12)10-6-2-1-3-7-10/h4-5,8-10H,1-3,6-7H2/q-2. The summed E-state index contributed by atoms with van der Waals surface area (Å²) < 4.78 is 4.85. The number of para-hydroxylation sites is 1. The van der Waals surface area contributed by atoms with Crippen LogP contribution < -0.4 is 14.3 Å². The summed E-state index contributed by atoms with van der Waals surface area (Å²) in [7, 11) is -2.81. The van der Waals surface area contributed by atoms with Crippen molar-refractivity contribution in [2.24, 2.45) is 0 Å². The molecular weight excluding hydrogens is 223 g/mol. The fourth-order valence-corrected chi connectivity index (χ4v) is 2.72. The van der Waals surface area contributed by atoms with Crippen molar-refractivity contribution in [3.05, 3.63) is 29.8 Å². The third kappa shape index (κ3) is 2.94. The molecule has 1 saturated carbocycles. The van der Waals surface area contributed by atoms with Gasteiger partial charge < -0.3 is 14.3 Å². The van der Waals surface area contributed by atoms with E-state index >= 15 is 0 Å². The van der Waals surface area contributed by atoms with Gasteiger partial charge in [0.25, 0.3) is 0 Å². The molecule has 0 radical (unpaired) electrons. The Balaban J connectivity index is 2.17. The molecule has 4 heteroatoms. The predicted octanol–water partition coefficient (Wildman–Crippen LogP) is 2.06. The van der Waals surface area contributed by atoms with Crippen molar-refractivity contribution in [3.63, 3.8) is 0 Å². The first-order chi connectivity index (χ1) is 7.77. The molecule has 0 aromatic heterocycles. The van der Waals surface area contributed by atoms with Gasteiger partial charge in [0.2, 0.25) is 0 Å². The zero-order chi connectivity index (χ0) is 11.4. The van der Waals surface area contributed by atoms with E-state index in [1.807, 2.05) is 12.1 Å². The molecule has 88 valence electrons. The Labute approximate surface area is 97.1 Å². The van der Waals surface area contributed by atoms with E-state index in [9.17, 15) is 9.79 Å². The molecule has 0 saturated heterocycles. The first kappa shape index (κ1) is 11.8. The maximum Gasteiger partial charge on any atom is 0.123 e. The lowest BCUT2D eigenvalue weighted by molar-refractivity contribution is -0.310. The lowest BCUT2D eigenvalue weighted by Gasteiger charge is -2.32. The molecule has 1 aliphatic rings. The molecule has 0 bridgehead atoms. The lowest BCUT2D eigenvalue weighted by atomic mass is 9.84. The van der Waals surface area contributed by atoms with Crippen LogP contribution in [0.4, 0.5) is 0 Å². The van der Waals surface area contributed by atoms with Crippen molar-refractivity contribution in [1.82, 2.24) is 0 Å². The van der Waals surface area contributed by atoms with Gasteiger partial charge in [-0.25, -0.2) is 0 Å². The van der Waals surface area contributed by atoms with Crippen LogP contribution in [0.1, 0.15) is 43.6 Å². The van der Waals surface area contributed by atoms with E-state index in [4.69, 9.17) is 4.52 Å². The summed E-state index contributed by atoms with van der Waals surface area (Å²) in [6.07, 6.45) is 6.01. The van der Waals surface area contributed by atoms with Gasteiger partial charge in [0, 0.05) is 0 Å². The monoisotopic (exact) mass is 238 g/mol. The summed E-state index contributed by atoms with van der Waals surface area (Å²) in [5, 5.41) is 0. The minimum Gasteiger partial charge on any atom is -0.810 e. The van der Waals surface area contributed by atoms with Crippen LogP contribution >= 0.6 is 8.60 Å². The van der Waals surface area contributed by atoms with E-state index in [-0.39, 0.29) is 0 Å². The third-order valence-corrected chi connectivity index (χ3v) is 3.48. The van der Waals surface area contributed by atoms with E-state index in [1.165, 1.54) is 19.3 Å². The minimum absolute atomic E-state index is 0.458. The fourth-order valence-electron chi connectivity index (χ4n) is 2.39. The van der Waals surface area contributed by atoms with Gasteiger partial charge in [-0.2, -0.15) is 0 Å². The Kier molecular flexibility index (Phi) is 4.16. The van der Waals surface area contributed by atoms with Crippen molar-refractivity contribution in [1.29, 1.82) is 0 Å². The van der Waals surface area contributed by atoms with E-state index < -0.39 is 8.60 Å². The van der Waals surface area contributed by atoms with Crippen LogP contribution in [-0.2, 0) is 0 Å². The first-order valence-corrected chi connectivity index (χ1v) is 6.78. The molecule has 1 aromatic rings. The molecule has 1 aliphatic carbocycles. The molecule has 0 N–H and O–H groups in total.